The molecule has 0 atom stereocenters. The Bertz CT molecular complexity index is 426. The maximum atomic E-state index is 8.87. The predicted octanol–water partition coefficient (Wildman–Crippen LogP) is 4.41. The van der Waals surface area contributed by atoms with Crippen LogP contribution in [0.5, 0.6) is 0 Å². The molecule has 1 heterocycles. The second-order valence-electron chi connectivity index (χ2n) is 2.99. The first-order valence-corrected chi connectivity index (χ1v) is 6.10. The molecule has 1 aromatic heterocycles. The molecule has 0 aliphatic heterocycles. The third kappa shape index (κ3) is 2.92. The summed E-state index contributed by atoms with van der Waals surface area (Å²) >= 11 is 19.0. The number of pyridine rings is 1. The molecule has 0 spiro atoms. The average molecular weight is 282 g/mol. The van der Waals surface area contributed by atoms with Gasteiger partial charge in [0.15, 0.2) is 0 Å². The van der Waals surface area contributed by atoms with Gasteiger partial charge in [0.25, 0.3) is 0 Å². The highest BCUT2D eigenvalue weighted by Gasteiger charge is 2.17. The maximum absolute atomic E-state index is 8.87. The molecule has 0 aliphatic rings. The van der Waals surface area contributed by atoms with Gasteiger partial charge in [0.1, 0.15) is 16.2 Å². The minimum Gasteiger partial charge on any atom is -0.227 e. The number of nitriles is 1. The van der Waals surface area contributed by atoms with E-state index in [1.54, 1.807) is 0 Å². The van der Waals surface area contributed by atoms with Crippen LogP contribution in [0.15, 0.2) is 5.03 Å². The highest BCUT2D eigenvalue weighted by molar-refractivity contribution is 7.99. The van der Waals surface area contributed by atoms with Gasteiger partial charge in [0.05, 0.1) is 15.6 Å². The van der Waals surface area contributed by atoms with E-state index in [1.807, 2.05) is 19.9 Å². The lowest BCUT2D eigenvalue weighted by Crippen LogP contribution is -1.94. The number of nitrogens with zero attached hydrogens (tertiary/aromatic N) is 2. The number of rotatable bonds is 2. The molecular formula is C9H7Cl3N2S. The van der Waals surface area contributed by atoms with Crippen molar-refractivity contribution in [1.82, 2.24) is 4.98 Å². The summed E-state index contributed by atoms with van der Waals surface area (Å²) in [6.45, 7) is 3.99. The van der Waals surface area contributed by atoms with Crippen molar-refractivity contribution in [2.75, 3.05) is 0 Å². The first-order chi connectivity index (χ1) is 6.97. The zero-order chi connectivity index (χ0) is 11.6. The molecule has 0 aromatic carbocycles. The van der Waals surface area contributed by atoms with Gasteiger partial charge < -0.3 is 0 Å². The molecular weight excluding hydrogens is 275 g/mol. The van der Waals surface area contributed by atoms with E-state index >= 15 is 0 Å². The molecule has 1 aromatic rings. The van der Waals surface area contributed by atoms with Gasteiger partial charge in [-0.05, 0) is 0 Å². The van der Waals surface area contributed by atoms with E-state index in [0.29, 0.717) is 10.3 Å². The van der Waals surface area contributed by atoms with E-state index in [9.17, 15) is 0 Å². The van der Waals surface area contributed by atoms with Gasteiger partial charge >= 0.3 is 0 Å². The molecule has 2 nitrogen and oxygen atoms in total. The zero-order valence-electron chi connectivity index (χ0n) is 8.01. The maximum Gasteiger partial charge on any atom is 0.150 e. The lowest BCUT2D eigenvalue weighted by Gasteiger charge is -2.09. The van der Waals surface area contributed by atoms with E-state index in [2.05, 4.69) is 4.98 Å². The van der Waals surface area contributed by atoms with Crippen molar-refractivity contribution in [3.05, 3.63) is 20.8 Å². The summed E-state index contributed by atoms with van der Waals surface area (Å²) in [6.07, 6.45) is 0. The molecule has 6 heteroatoms. The van der Waals surface area contributed by atoms with E-state index in [4.69, 9.17) is 40.1 Å². The highest BCUT2D eigenvalue weighted by atomic mass is 35.5. The van der Waals surface area contributed by atoms with Crippen LogP contribution in [0.4, 0.5) is 0 Å². The van der Waals surface area contributed by atoms with Crippen LogP contribution in [0, 0.1) is 11.3 Å². The number of thioether (sulfide) groups is 1. The number of aromatic nitrogens is 1. The summed E-state index contributed by atoms with van der Waals surface area (Å²) in [5.74, 6) is 0. The first kappa shape index (κ1) is 12.9. The fourth-order valence-electron chi connectivity index (χ4n) is 0.893. The van der Waals surface area contributed by atoms with Crippen LogP contribution in [0.25, 0.3) is 0 Å². The smallest absolute Gasteiger partial charge is 0.150 e. The van der Waals surface area contributed by atoms with Crippen LogP contribution in [-0.2, 0) is 0 Å². The molecule has 0 aliphatic carbocycles. The van der Waals surface area contributed by atoms with Gasteiger partial charge in [0.2, 0.25) is 0 Å². The van der Waals surface area contributed by atoms with E-state index in [1.165, 1.54) is 11.8 Å². The van der Waals surface area contributed by atoms with Gasteiger partial charge in [0, 0.05) is 5.25 Å². The zero-order valence-corrected chi connectivity index (χ0v) is 11.1. The number of halogens is 3. The number of hydrogen-bond acceptors (Lipinski definition) is 3. The Morgan fingerprint density at radius 2 is 1.87 bits per heavy atom. The number of hydrogen-bond donors (Lipinski definition) is 0. The monoisotopic (exact) mass is 280 g/mol. The SMILES string of the molecule is CC(C)Sc1nc(Cl)c(Cl)c(C#N)c1Cl. The molecule has 0 radical (unpaired) electrons. The van der Waals surface area contributed by atoms with Crippen LogP contribution < -0.4 is 0 Å². The summed E-state index contributed by atoms with van der Waals surface area (Å²) < 4.78 is 0. The Morgan fingerprint density at radius 1 is 1.27 bits per heavy atom. The second-order valence-corrected chi connectivity index (χ2v) is 5.67. The molecule has 80 valence electrons. The molecule has 0 saturated heterocycles. The lowest BCUT2D eigenvalue weighted by molar-refractivity contribution is 1.07. The van der Waals surface area contributed by atoms with Crippen LogP contribution >= 0.6 is 46.6 Å². The van der Waals surface area contributed by atoms with Crippen LogP contribution in [0.2, 0.25) is 15.2 Å². The Balaban J connectivity index is 3.32. The lowest BCUT2D eigenvalue weighted by atomic mass is 10.3. The molecule has 15 heavy (non-hydrogen) atoms. The molecule has 1 rings (SSSR count). The average Bonchev–Trinajstić information content (AvgIpc) is 2.14. The summed E-state index contributed by atoms with van der Waals surface area (Å²) in [4.78, 5) is 4.03. The molecule has 0 fully saturated rings. The Hall–Kier alpha value is -0.140. The van der Waals surface area contributed by atoms with Gasteiger partial charge in [-0.1, -0.05) is 48.7 Å². The second kappa shape index (κ2) is 5.27. The highest BCUT2D eigenvalue weighted by Crippen LogP contribution is 2.37. The molecule has 0 saturated carbocycles. The fraction of sp³-hybridized carbons (Fsp3) is 0.333. The standard InChI is InChI=1S/C9H7Cl3N2S/c1-4(2)15-9-7(11)5(3-13)6(10)8(12)14-9/h4H,1-2H3. The Kier molecular flexibility index (Phi) is 4.54. The van der Waals surface area contributed by atoms with Crippen molar-refractivity contribution in [2.45, 2.75) is 24.1 Å². The Labute approximate surface area is 108 Å². The third-order valence-corrected chi connectivity index (χ3v) is 3.68. The van der Waals surface area contributed by atoms with Crippen molar-refractivity contribution in [3.8, 4) is 6.07 Å². The van der Waals surface area contributed by atoms with Gasteiger partial charge in [-0.3, -0.25) is 0 Å². The topological polar surface area (TPSA) is 36.7 Å². The van der Waals surface area contributed by atoms with Gasteiger partial charge in [-0.25, -0.2) is 4.98 Å². The van der Waals surface area contributed by atoms with Crippen LogP contribution in [0.1, 0.15) is 19.4 Å². The van der Waals surface area contributed by atoms with Crippen LogP contribution in [-0.4, -0.2) is 10.2 Å². The largest absolute Gasteiger partial charge is 0.227 e. The molecule has 0 amide bonds. The van der Waals surface area contributed by atoms with Crippen molar-refractivity contribution in [2.24, 2.45) is 0 Å². The third-order valence-electron chi connectivity index (χ3n) is 1.47. The van der Waals surface area contributed by atoms with E-state index in [-0.39, 0.29) is 20.8 Å². The summed E-state index contributed by atoms with van der Waals surface area (Å²) in [5, 5.41) is 10.2. The van der Waals surface area contributed by atoms with Crippen molar-refractivity contribution in [1.29, 1.82) is 5.26 Å². The first-order valence-electron chi connectivity index (χ1n) is 4.08. The van der Waals surface area contributed by atoms with Gasteiger partial charge in [-0.2, -0.15) is 5.26 Å². The van der Waals surface area contributed by atoms with Crippen molar-refractivity contribution < 1.29 is 0 Å². The quantitative estimate of drug-likeness (QED) is 0.595. The van der Waals surface area contributed by atoms with E-state index in [0.717, 1.165) is 0 Å². The van der Waals surface area contributed by atoms with E-state index < -0.39 is 0 Å². The summed E-state index contributed by atoms with van der Waals surface area (Å²) in [6, 6.07) is 1.92. The Morgan fingerprint density at radius 3 is 2.33 bits per heavy atom. The normalized spacial score (nSPS) is 10.5. The van der Waals surface area contributed by atoms with Crippen molar-refractivity contribution >= 4 is 46.6 Å². The molecule has 0 bridgehead atoms. The van der Waals surface area contributed by atoms with Gasteiger partial charge in [-0.15, -0.1) is 11.8 Å². The predicted molar refractivity (Wildman–Crippen MR) is 65.0 cm³/mol. The van der Waals surface area contributed by atoms with Crippen molar-refractivity contribution in [3.63, 3.8) is 0 Å². The minimum atomic E-state index is 0.109. The molecule has 0 N–H and O–H groups in total. The van der Waals surface area contributed by atoms with Crippen LogP contribution in [0.3, 0.4) is 0 Å². The minimum absolute atomic E-state index is 0.109. The molecule has 0 unspecified atom stereocenters. The fourth-order valence-corrected chi connectivity index (χ4v) is 2.46. The summed E-state index contributed by atoms with van der Waals surface area (Å²) in [5.41, 5.74) is 0.182. The summed E-state index contributed by atoms with van der Waals surface area (Å²) in [7, 11) is 0.